The summed E-state index contributed by atoms with van der Waals surface area (Å²) in [6, 6.07) is 0. The molecule has 5 heteroatoms. The second kappa shape index (κ2) is 12.6. The fourth-order valence-electron chi connectivity index (χ4n) is 2.05. The molecule has 5 nitrogen and oxygen atoms in total. The van der Waals surface area contributed by atoms with Crippen LogP contribution in [0.2, 0.25) is 0 Å². The lowest BCUT2D eigenvalue weighted by molar-refractivity contribution is -0.212. The molecule has 0 saturated carbocycles. The number of ether oxygens (including phenoxy) is 2. The first-order chi connectivity index (χ1) is 10.8. The van der Waals surface area contributed by atoms with Crippen molar-refractivity contribution in [2.24, 2.45) is 5.92 Å². The molecule has 0 spiro atoms. The van der Waals surface area contributed by atoms with E-state index in [0.29, 0.717) is 45.3 Å². The van der Waals surface area contributed by atoms with Crippen molar-refractivity contribution in [3.8, 4) is 0 Å². The molecule has 0 aliphatic rings. The van der Waals surface area contributed by atoms with Crippen LogP contribution < -0.4 is 5.32 Å². The van der Waals surface area contributed by atoms with Crippen molar-refractivity contribution in [2.75, 3.05) is 26.3 Å². The van der Waals surface area contributed by atoms with Gasteiger partial charge in [-0.3, -0.25) is 9.59 Å². The Bertz CT molecular complexity index is 340. The molecular weight excluding hydrogens is 294 g/mol. The molecule has 0 radical (unpaired) electrons. The Labute approximate surface area is 141 Å². The molecule has 0 atom stereocenters. The molecule has 0 aromatic heterocycles. The SMILES string of the molecule is CCNCCOC(C)(C)OCCCC(=O)CCCC(=O)C(C)C. The molecule has 0 saturated heterocycles. The first-order valence-electron chi connectivity index (χ1n) is 8.81. The molecular formula is C18H35NO4. The summed E-state index contributed by atoms with van der Waals surface area (Å²) in [6.45, 7) is 12.4. The van der Waals surface area contributed by atoms with Gasteiger partial charge in [0.25, 0.3) is 0 Å². The van der Waals surface area contributed by atoms with E-state index in [1.54, 1.807) is 0 Å². The van der Waals surface area contributed by atoms with Crippen LogP contribution in [0.1, 0.15) is 66.7 Å². The van der Waals surface area contributed by atoms with Crippen molar-refractivity contribution in [1.82, 2.24) is 5.32 Å². The van der Waals surface area contributed by atoms with Gasteiger partial charge >= 0.3 is 0 Å². The van der Waals surface area contributed by atoms with E-state index in [0.717, 1.165) is 13.1 Å². The summed E-state index contributed by atoms with van der Waals surface area (Å²) in [5.74, 6) is -0.121. The third kappa shape index (κ3) is 13.4. The number of carbonyl (C=O) groups is 2. The Morgan fingerprint density at radius 1 is 1.00 bits per heavy atom. The maximum absolute atomic E-state index is 11.8. The highest BCUT2D eigenvalue weighted by atomic mass is 16.7. The number of hydrogen-bond acceptors (Lipinski definition) is 5. The largest absolute Gasteiger partial charge is 0.351 e. The zero-order valence-corrected chi connectivity index (χ0v) is 15.6. The summed E-state index contributed by atoms with van der Waals surface area (Å²) in [7, 11) is 0. The predicted octanol–water partition coefficient (Wildman–Crippen LogP) is 3.11. The minimum absolute atomic E-state index is 0.0632. The van der Waals surface area contributed by atoms with Crippen LogP contribution in [0.5, 0.6) is 0 Å². The molecule has 0 aliphatic carbocycles. The summed E-state index contributed by atoms with van der Waals surface area (Å²) in [5.41, 5.74) is 0. The maximum atomic E-state index is 11.8. The summed E-state index contributed by atoms with van der Waals surface area (Å²) in [4.78, 5) is 23.2. The lowest BCUT2D eigenvalue weighted by Gasteiger charge is -2.25. The predicted molar refractivity (Wildman–Crippen MR) is 92.5 cm³/mol. The molecule has 0 fully saturated rings. The quantitative estimate of drug-likeness (QED) is 0.369. The molecule has 0 aromatic rings. The zero-order valence-electron chi connectivity index (χ0n) is 15.6. The van der Waals surface area contributed by atoms with E-state index < -0.39 is 5.79 Å². The van der Waals surface area contributed by atoms with Crippen molar-refractivity contribution in [3.05, 3.63) is 0 Å². The van der Waals surface area contributed by atoms with Gasteiger partial charge in [-0.25, -0.2) is 0 Å². The van der Waals surface area contributed by atoms with E-state index >= 15 is 0 Å². The number of Topliss-reactive ketones (excluding diaryl/α,β-unsaturated/α-hetero) is 2. The van der Waals surface area contributed by atoms with E-state index in [-0.39, 0.29) is 17.5 Å². The normalized spacial score (nSPS) is 11.9. The van der Waals surface area contributed by atoms with Crippen molar-refractivity contribution in [3.63, 3.8) is 0 Å². The maximum Gasteiger partial charge on any atom is 0.162 e. The molecule has 0 aliphatic heterocycles. The van der Waals surface area contributed by atoms with Gasteiger partial charge in [-0.05, 0) is 33.2 Å². The van der Waals surface area contributed by atoms with E-state index in [4.69, 9.17) is 9.47 Å². The lowest BCUT2D eigenvalue weighted by atomic mass is 10.0. The third-order valence-electron chi connectivity index (χ3n) is 3.55. The highest BCUT2D eigenvalue weighted by Gasteiger charge is 2.18. The van der Waals surface area contributed by atoms with Gasteiger partial charge in [-0.2, -0.15) is 0 Å². The number of rotatable bonds is 15. The van der Waals surface area contributed by atoms with Gasteiger partial charge in [0, 0.05) is 31.7 Å². The highest BCUT2D eigenvalue weighted by molar-refractivity contribution is 5.82. The van der Waals surface area contributed by atoms with Crippen molar-refractivity contribution >= 4 is 11.6 Å². The molecule has 136 valence electrons. The molecule has 0 unspecified atom stereocenters. The number of nitrogens with one attached hydrogen (secondary N) is 1. The number of likely N-dealkylation sites (N-methyl/N-ethyl adjacent to an activating group) is 1. The smallest absolute Gasteiger partial charge is 0.162 e. The standard InChI is InChI=1S/C18H35NO4/c1-6-19-12-14-23-18(4,5)22-13-8-10-16(20)9-7-11-17(21)15(2)3/h15,19H,6-14H2,1-5H3. The molecule has 0 rings (SSSR count). The first kappa shape index (κ1) is 22.2. The van der Waals surface area contributed by atoms with Crippen LogP contribution in [0.15, 0.2) is 0 Å². The Morgan fingerprint density at radius 3 is 2.22 bits per heavy atom. The van der Waals surface area contributed by atoms with Crippen LogP contribution in [0, 0.1) is 5.92 Å². The zero-order chi connectivity index (χ0) is 17.7. The fourth-order valence-corrected chi connectivity index (χ4v) is 2.05. The number of ketones is 2. The number of hydrogen-bond donors (Lipinski definition) is 1. The second-order valence-corrected chi connectivity index (χ2v) is 6.57. The van der Waals surface area contributed by atoms with Crippen LogP contribution in [0.25, 0.3) is 0 Å². The molecule has 0 bridgehead atoms. The lowest BCUT2D eigenvalue weighted by Crippen LogP contribution is -2.32. The van der Waals surface area contributed by atoms with Crippen molar-refractivity contribution in [1.29, 1.82) is 0 Å². The average Bonchev–Trinajstić information content (AvgIpc) is 2.48. The van der Waals surface area contributed by atoms with Crippen molar-refractivity contribution < 1.29 is 19.1 Å². The van der Waals surface area contributed by atoms with Gasteiger partial charge in [-0.15, -0.1) is 0 Å². The summed E-state index contributed by atoms with van der Waals surface area (Å²) >= 11 is 0. The Kier molecular flexibility index (Phi) is 12.2. The number of carbonyl (C=O) groups excluding carboxylic acids is 2. The van der Waals surface area contributed by atoms with Gasteiger partial charge in [0.15, 0.2) is 5.79 Å². The van der Waals surface area contributed by atoms with Crippen LogP contribution in [0.3, 0.4) is 0 Å². The minimum atomic E-state index is -0.623. The van der Waals surface area contributed by atoms with Crippen LogP contribution in [-0.2, 0) is 19.1 Å². The summed E-state index contributed by atoms with van der Waals surface area (Å²) in [6.07, 6.45) is 2.85. The van der Waals surface area contributed by atoms with E-state index in [9.17, 15) is 9.59 Å². The highest BCUT2D eigenvalue weighted by Crippen LogP contribution is 2.12. The van der Waals surface area contributed by atoms with Gasteiger partial charge in [0.05, 0.1) is 13.2 Å². The van der Waals surface area contributed by atoms with Gasteiger partial charge in [0.2, 0.25) is 0 Å². The summed E-state index contributed by atoms with van der Waals surface area (Å²) < 4.78 is 11.3. The Morgan fingerprint density at radius 2 is 1.61 bits per heavy atom. The molecule has 1 N–H and O–H groups in total. The van der Waals surface area contributed by atoms with Gasteiger partial charge in [0.1, 0.15) is 11.6 Å². The van der Waals surface area contributed by atoms with Gasteiger partial charge < -0.3 is 14.8 Å². The van der Waals surface area contributed by atoms with E-state index in [2.05, 4.69) is 12.2 Å². The average molecular weight is 329 g/mol. The molecule has 0 heterocycles. The van der Waals surface area contributed by atoms with E-state index in [1.807, 2.05) is 27.7 Å². The topological polar surface area (TPSA) is 64.6 Å². The molecule has 0 aromatic carbocycles. The monoisotopic (exact) mass is 329 g/mol. The van der Waals surface area contributed by atoms with Crippen molar-refractivity contribution in [2.45, 2.75) is 72.5 Å². The molecule has 23 heavy (non-hydrogen) atoms. The van der Waals surface area contributed by atoms with Crippen LogP contribution in [0.4, 0.5) is 0 Å². The third-order valence-corrected chi connectivity index (χ3v) is 3.55. The summed E-state index contributed by atoms with van der Waals surface area (Å²) in [5, 5.41) is 3.19. The first-order valence-corrected chi connectivity index (χ1v) is 8.81. The Hall–Kier alpha value is -0.780. The van der Waals surface area contributed by atoms with Crippen LogP contribution >= 0.6 is 0 Å². The molecule has 0 amide bonds. The Balaban J connectivity index is 3.65. The van der Waals surface area contributed by atoms with E-state index in [1.165, 1.54) is 0 Å². The van der Waals surface area contributed by atoms with Crippen LogP contribution in [-0.4, -0.2) is 43.7 Å². The second-order valence-electron chi connectivity index (χ2n) is 6.57. The fraction of sp³-hybridized carbons (Fsp3) is 0.889. The van der Waals surface area contributed by atoms with Gasteiger partial charge in [-0.1, -0.05) is 20.8 Å². The minimum Gasteiger partial charge on any atom is -0.351 e.